The molecular formula is C18H23ClN2O2. The number of para-hydroxylation sites is 1. The first-order valence-corrected chi connectivity index (χ1v) is 7.42. The van der Waals surface area contributed by atoms with Crippen LogP contribution >= 0.6 is 12.4 Å². The van der Waals surface area contributed by atoms with Crippen LogP contribution in [0.2, 0.25) is 0 Å². The molecule has 1 atom stereocenters. The van der Waals surface area contributed by atoms with Crippen LogP contribution in [0.15, 0.2) is 54.6 Å². The predicted octanol–water partition coefficient (Wildman–Crippen LogP) is 2.48. The van der Waals surface area contributed by atoms with Crippen LogP contribution in [0.3, 0.4) is 0 Å². The van der Waals surface area contributed by atoms with Crippen LogP contribution in [0, 0.1) is 6.92 Å². The Labute approximate surface area is 143 Å². The van der Waals surface area contributed by atoms with E-state index in [2.05, 4.69) is 5.32 Å². The van der Waals surface area contributed by atoms with E-state index >= 15 is 0 Å². The second-order valence-corrected chi connectivity index (χ2v) is 5.20. The first kappa shape index (κ1) is 19.0. The van der Waals surface area contributed by atoms with Gasteiger partial charge in [0.25, 0.3) is 0 Å². The molecule has 0 saturated carbocycles. The molecule has 2 aromatic rings. The Hall–Kier alpha value is -2.04. The summed E-state index contributed by atoms with van der Waals surface area (Å²) >= 11 is 0. The minimum atomic E-state index is -0.541. The lowest BCUT2D eigenvalue weighted by atomic mass is 10.1. The molecule has 0 spiro atoms. The van der Waals surface area contributed by atoms with Gasteiger partial charge in [-0.25, -0.2) is 0 Å². The van der Waals surface area contributed by atoms with Gasteiger partial charge in [-0.2, -0.15) is 0 Å². The van der Waals surface area contributed by atoms with Crippen molar-refractivity contribution >= 4 is 18.3 Å². The van der Waals surface area contributed by atoms with Gasteiger partial charge < -0.3 is 15.8 Å². The van der Waals surface area contributed by atoms with Gasteiger partial charge >= 0.3 is 0 Å². The molecule has 0 aliphatic heterocycles. The lowest BCUT2D eigenvalue weighted by Crippen LogP contribution is -2.43. The summed E-state index contributed by atoms with van der Waals surface area (Å²) in [5.74, 6) is 0.683. The first-order valence-electron chi connectivity index (χ1n) is 7.42. The number of hydrogen-bond donors (Lipinski definition) is 2. The van der Waals surface area contributed by atoms with Gasteiger partial charge in [0.15, 0.2) is 0 Å². The molecule has 1 amide bonds. The Kier molecular flexibility index (Phi) is 8.16. The topological polar surface area (TPSA) is 64.3 Å². The van der Waals surface area contributed by atoms with E-state index in [1.54, 1.807) is 0 Å². The van der Waals surface area contributed by atoms with Crippen molar-refractivity contribution in [3.63, 3.8) is 0 Å². The summed E-state index contributed by atoms with van der Waals surface area (Å²) in [6, 6.07) is 17.0. The van der Waals surface area contributed by atoms with Crippen molar-refractivity contribution in [1.29, 1.82) is 0 Å². The maximum atomic E-state index is 11.9. The lowest BCUT2D eigenvalue weighted by Gasteiger charge is -2.13. The highest BCUT2D eigenvalue weighted by Crippen LogP contribution is 2.15. The molecule has 0 fully saturated rings. The SMILES string of the molecule is Cc1ccccc1OCCNC(=O)[C@@H](N)Cc1ccccc1.Cl. The zero-order valence-corrected chi connectivity index (χ0v) is 14.0. The van der Waals surface area contributed by atoms with Gasteiger partial charge in [0.05, 0.1) is 12.6 Å². The largest absolute Gasteiger partial charge is 0.491 e. The summed E-state index contributed by atoms with van der Waals surface area (Å²) in [6.07, 6.45) is 0.533. The molecule has 0 aromatic heterocycles. The van der Waals surface area contributed by atoms with Crippen molar-refractivity contribution in [1.82, 2.24) is 5.32 Å². The highest BCUT2D eigenvalue weighted by Gasteiger charge is 2.13. The van der Waals surface area contributed by atoms with Gasteiger partial charge in [-0.3, -0.25) is 4.79 Å². The van der Waals surface area contributed by atoms with Crippen LogP contribution < -0.4 is 15.8 Å². The maximum absolute atomic E-state index is 11.9. The van der Waals surface area contributed by atoms with Gasteiger partial charge in [-0.15, -0.1) is 12.4 Å². The van der Waals surface area contributed by atoms with E-state index in [1.165, 1.54) is 0 Å². The fourth-order valence-corrected chi connectivity index (χ4v) is 2.15. The monoisotopic (exact) mass is 334 g/mol. The summed E-state index contributed by atoms with van der Waals surface area (Å²) in [7, 11) is 0. The third-order valence-corrected chi connectivity index (χ3v) is 3.39. The molecule has 124 valence electrons. The Morgan fingerprint density at radius 2 is 1.78 bits per heavy atom. The number of nitrogens with one attached hydrogen (secondary N) is 1. The Balaban J connectivity index is 0.00000264. The second-order valence-electron chi connectivity index (χ2n) is 5.20. The van der Waals surface area contributed by atoms with Crippen molar-refractivity contribution in [2.45, 2.75) is 19.4 Å². The molecule has 4 nitrogen and oxygen atoms in total. The maximum Gasteiger partial charge on any atom is 0.237 e. The number of nitrogens with two attached hydrogens (primary N) is 1. The van der Waals surface area contributed by atoms with Crippen LogP contribution in [-0.4, -0.2) is 25.1 Å². The van der Waals surface area contributed by atoms with Crippen molar-refractivity contribution in [2.24, 2.45) is 5.73 Å². The molecule has 0 bridgehead atoms. The zero-order valence-electron chi connectivity index (χ0n) is 13.2. The van der Waals surface area contributed by atoms with Gasteiger partial charge in [0.2, 0.25) is 5.91 Å². The number of halogens is 1. The molecule has 0 saturated heterocycles. The van der Waals surface area contributed by atoms with E-state index in [1.807, 2.05) is 61.5 Å². The molecule has 0 unspecified atom stereocenters. The third kappa shape index (κ3) is 6.30. The molecule has 2 aromatic carbocycles. The zero-order chi connectivity index (χ0) is 15.8. The Morgan fingerprint density at radius 1 is 1.13 bits per heavy atom. The van der Waals surface area contributed by atoms with Crippen LogP contribution in [0.1, 0.15) is 11.1 Å². The molecular weight excluding hydrogens is 312 g/mol. The van der Waals surface area contributed by atoms with E-state index in [0.29, 0.717) is 19.6 Å². The van der Waals surface area contributed by atoms with E-state index in [0.717, 1.165) is 16.9 Å². The first-order chi connectivity index (χ1) is 10.7. The highest BCUT2D eigenvalue weighted by molar-refractivity contribution is 5.85. The van der Waals surface area contributed by atoms with Crippen LogP contribution in [0.4, 0.5) is 0 Å². The van der Waals surface area contributed by atoms with E-state index < -0.39 is 6.04 Å². The number of carbonyl (C=O) groups excluding carboxylic acids is 1. The van der Waals surface area contributed by atoms with Crippen molar-refractivity contribution < 1.29 is 9.53 Å². The van der Waals surface area contributed by atoms with E-state index in [9.17, 15) is 4.79 Å². The van der Waals surface area contributed by atoms with Crippen LogP contribution in [-0.2, 0) is 11.2 Å². The molecule has 0 heterocycles. The number of rotatable bonds is 7. The fraction of sp³-hybridized carbons (Fsp3) is 0.278. The number of benzene rings is 2. The fourth-order valence-electron chi connectivity index (χ4n) is 2.15. The molecule has 0 radical (unpaired) electrons. The van der Waals surface area contributed by atoms with Crippen molar-refractivity contribution in [3.05, 3.63) is 65.7 Å². The standard InChI is InChI=1S/C18H22N2O2.ClH/c1-14-7-5-6-10-17(14)22-12-11-20-18(21)16(19)13-15-8-3-2-4-9-15;/h2-10,16H,11-13,19H2,1H3,(H,20,21);1H/t16-;/m0./s1. The summed E-state index contributed by atoms with van der Waals surface area (Å²) < 4.78 is 5.63. The average molecular weight is 335 g/mol. The summed E-state index contributed by atoms with van der Waals surface area (Å²) in [6.45, 7) is 2.86. The van der Waals surface area contributed by atoms with Gasteiger partial charge in [0.1, 0.15) is 12.4 Å². The van der Waals surface area contributed by atoms with Crippen molar-refractivity contribution in [3.8, 4) is 5.75 Å². The normalized spacial score (nSPS) is 11.2. The van der Waals surface area contributed by atoms with Crippen LogP contribution in [0.25, 0.3) is 0 Å². The number of ether oxygens (including phenoxy) is 1. The highest BCUT2D eigenvalue weighted by atomic mass is 35.5. The van der Waals surface area contributed by atoms with Gasteiger partial charge in [0, 0.05) is 0 Å². The molecule has 0 aliphatic rings. The van der Waals surface area contributed by atoms with Crippen LogP contribution in [0.5, 0.6) is 5.75 Å². The smallest absolute Gasteiger partial charge is 0.237 e. The number of hydrogen-bond acceptors (Lipinski definition) is 3. The molecule has 3 N–H and O–H groups in total. The third-order valence-electron chi connectivity index (χ3n) is 3.39. The quantitative estimate of drug-likeness (QED) is 0.765. The number of carbonyl (C=O) groups is 1. The molecule has 2 rings (SSSR count). The van der Waals surface area contributed by atoms with Crippen molar-refractivity contribution in [2.75, 3.05) is 13.2 Å². The average Bonchev–Trinajstić information content (AvgIpc) is 2.53. The number of amides is 1. The van der Waals surface area contributed by atoms with E-state index in [4.69, 9.17) is 10.5 Å². The summed E-state index contributed by atoms with van der Waals surface area (Å²) in [5, 5.41) is 2.80. The predicted molar refractivity (Wildman–Crippen MR) is 95.1 cm³/mol. The number of aryl methyl sites for hydroxylation is 1. The molecule has 5 heteroatoms. The lowest BCUT2D eigenvalue weighted by molar-refractivity contribution is -0.122. The Bertz CT molecular complexity index is 605. The van der Waals surface area contributed by atoms with E-state index in [-0.39, 0.29) is 18.3 Å². The minimum Gasteiger partial charge on any atom is -0.491 e. The second kappa shape index (κ2) is 9.87. The summed E-state index contributed by atoms with van der Waals surface area (Å²) in [4.78, 5) is 11.9. The minimum absolute atomic E-state index is 0. The molecule has 0 aliphatic carbocycles. The van der Waals surface area contributed by atoms with Gasteiger partial charge in [-0.05, 0) is 30.5 Å². The Morgan fingerprint density at radius 3 is 2.48 bits per heavy atom. The summed E-state index contributed by atoms with van der Waals surface area (Å²) in [5.41, 5.74) is 8.05. The molecule has 23 heavy (non-hydrogen) atoms. The van der Waals surface area contributed by atoms with Gasteiger partial charge in [-0.1, -0.05) is 48.5 Å².